The first-order chi connectivity index (χ1) is 7.70. The van der Waals surface area contributed by atoms with Crippen LogP contribution in [0.5, 0.6) is 0 Å². The lowest BCUT2D eigenvalue weighted by molar-refractivity contribution is -0.124. The van der Waals surface area contributed by atoms with Crippen molar-refractivity contribution in [2.24, 2.45) is 5.92 Å². The maximum absolute atomic E-state index is 11.7. The number of fused-ring (bicyclic) bond motifs is 1. The highest BCUT2D eigenvalue weighted by Gasteiger charge is 2.34. The van der Waals surface area contributed by atoms with Crippen molar-refractivity contribution in [1.82, 2.24) is 10.6 Å². The van der Waals surface area contributed by atoms with Gasteiger partial charge < -0.3 is 10.6 Å². The van der Waals surface area contributed by atoms with Gasteiger partial charge in [-0.1, -0.05) is 12.2 Å². The predicted molar refractivity (Wildman–Crippen MR) is 65.1 cm³/mol. The molecule has 0 spiro atoms. The Labute approximate surface area is 97.7 Å². The van der Waals surface area contributed by atoms with Crippen molar-refractivity contribution in [3.05, 3.63) is 12.2 Å². The van der Waals surface area contributed by atoms with Crippen molar-refractivity contribution in [2.45, 2.75) is 51.1 Å². The average Bonchev–Trinajstić information content (AvgIpc) is 2.28. The highest BCUT2D eigenvalue weighted by Crippen LogP contribution is 2.34. The number of rotatable bonds is 2. The van der Waals surface area contributed by atoms with Crippen LogP contribution in [0.1, 0.15) is 39.0 Å². The molecule has 1 aliphatic heterocycles. The fourth-order valence-electron chi connectivity index (χ4n) is 2.96. The van der Waals surface area contributed by atoms with Gasteiger partial charge in [-0.05, 0) is 44.9 Å². The van der Waals surface area contributed by atoms with Gasteiger partial charge >= 0.3 is 0 Å². The summed E-state index contributed by atoms with van der Waals surface area (Å²) >= 11 is 0. The number of nitrogens with one attached hydrogen (secondary N) is 2. The third-order valence-electron chi connectivity index (χ3n) is 3.84. The van der Waals surface area contributed by atoms with E-state index in [1.54, 1.807) is 0 Å². The van der Waals surface area contributed by atoms with E-state index in [-0.39, 0.29) is 11.9 Å². The van der Waals surface area contributed by atoms with Crippen LogP contribution in [-0.4, -0.2) is 24.5 Å². The first-order valence-corrected chi connectivity index (χ1v) is 6.41. The maximum atomic E-state index is 11.7. The molecule has 3 atom stereocenters. The average molecular weight is 222 g/mol. The van der Waals surface area contributed by atoms with Gasteiger partial charge in [0, 0.05) is 12.6 Å². The first-order valence-electron chi connectivity index (χ1n) is 6.41. The second kappa shape index (κ2) is 5.00. The molecule has 2 fully saturated rings. The van der Waals surface area contributed by atoms with E-state index in [1.165, 1.54) is 12.0 Å². The molecule has 90 valence electrons. The van der Waals surface area contributed by atoms with Gasteiger partial charge in [-0.3, -0.25) is 4.79 Å². The molecule has 1 amide bonds. The molecule has 1 saturated carbocycles. The number of piperidine rings is 1. The third-order valence-corrected chi connectivity index (χ3v) is 3.84. The number of hydrogen-bond acceptors (Lipinski definition) is 2. The molecule has 0 radical (unpaired) electrons. The minimum Gasteiger partial charge on any atom is -0.355 e. The first kappa shape index (κ1) is 11.6. The number of carbonyl (C=O) groups is 1. The van der Waals surface area contributed by atoms with Crippen LogP contribution >= 0.6 is 0 Å². The summed E-state index contributed by atoms with van der Waals surface area (Å²) in [5.74, 6) is 0.886. The van der Waals surface area contributed by atoms with E-state index in [1.807, 2.05) is 6.92 Å². The van der Waals surface area contributed by atoms with Crippen molar-refractivity contribution in [3.8, 4) is 0 Å². The third kappa shape index (κ3) is 2.46. The second-order valence-corrected chi connectivity index (χ2v) is 5.05. The Bertz CT molecular complexity index is 288. The lowest BCUT2D eigenvalue weighted by Gasteiger charge is -2.40. The van der Waals surface area contributed by atoms with Gasteiger partial charge in [0.15, 0.2) is 0 Å². The van der Waals surface area contributed by atoms with Gasteiger partial charge in [-0.2, -0.15) is 0 Å². The molecule has 3 unspecified atom stereocenters. The Morgan fingerprint density at radius 1 is 1.50 bits per heavy atom. The molecule has 0 aromatic heterocycles. The van der Waals surface area contributed by atoms with Gasteiger partial charge in [0.2, 0.25) is 5.91 Å². The molecule has 0 aromatic rings. The fraction of sp³-hybridized carbons (Fsp3) is 0.769. The zero-order valence-electron chi connectivity index (χ0n) is 10.1. The van der Waals surface area contributed by atoms with Crippen LogP contribution in [0.25, 0.3) is 0 Å². The van der Waals surface area contributed by atoms with E-state index in [9.17, 15) is 4.79 Å². The van der Waals surface area contributed by atoms with Crippen LogP contribution in [-0.2, 0) is 4.79 Å². The van der Waals surface area contributed by atoms with Gasteiger partial charge in [0.05, 0.1) is 6.04 Å². The number of carbonyl (C=O) groups excluding carboxylic acids is 1. The van der Waals surface area contributed by atoms with E-state index < -0.39 is 0 Å². The normalized spacial score (nSPS) is 34.3. The van der Waals surface area contributed by atoms with Gasteiger partial charge in [-0.15, -0.1) is 0 Å². The summed E-state index contributed by atoms with van der Waals surface area (Å²) in [4.78, 5) is 11.7. The molecule has 2 rings (SSSR count). The molecule has 0 aromatic carbocycles. The summed E-state index contributed by atoms with van der Waals surface area (Å²) in [6, 6.07) is 0.569. The summed E-state index contributed by atoms with van der Waals surface area (Å²) in [6.45, 7) is 6.77. The number of hydrogen-bond donors (Lipinski definition) is 2. The lowest BCUT2D eigenvalue weighted by Crippen LogP contribution is -2.55. The molecule has 2 aliphatic rings. The minimum absolute atomic E-state index is 0.0348. The molecule has 1 aliphatic carbocycles. The molecule has 3 heteroatoms. The van der Waals surface area contributed by atoms with E-state index in [4.69, 9.17) is 0 Å². The van der Waals surface area contributed by atoms with Crippen molar-refractivity contribution in [3.63, 3.8) is 0 Å². The second-order valence-electron chi connectivity index (χ2n) is 5.05. The summed E-state index contributed by atoms with van der Waals surface area (Å²) in [5, 5.41) is 6.41. The largest absolute Gasteiger partial charge is 0.355 e. The molecule has 1 saturated heterocycles. The number of likely N-dealkylation sites (N-methyl/N-ethyl adjacent to an activating group) is 1. The zero-order chi connectivity index (χ0) is 11.5. The fourth-order valence-corrected chi connectivity index (χ4v) is 2.96. The Balaban J connectivity index is 1.90. The van der Waals surface area contributed by atoms with Crippen LogP contribution in [0, 0.1) is 5.92 Å². The molecule has 1 heterocycles. The Hall–Kier alpha value is -0.830. The van der Waals surface area contributed by atoms with E-state index in [2.05, 4.69) is 17.2 Å². The topological polar surface area (TPSA) is 41.1 Å². The molecular weight excluding hydrogens is 200 g/mol. The summed E-state index contributed by atoms with van der Waals surface area (Å²) in [5.41, 5.74) is 1.39. The van der Waals surface area contributed by atoms with Crippen molar-refractivity contribution in [2.75, 3.05) is 6.54 Å². The molecule has 16 heavy (non-hydrogen) atoms. The van der Waals surface area contributed by atoms with Crippen LogP contribution in [0.3, 0.4) is 0 Å². The van der Waals surface area contributed by atoms with Crippen molar-refractivity contribution >= 4 is 5.91 Å². The van der Waals surface area contributed by atoms with E-state index in [0.717, 1.165) is 32.2 Å². The van der Waals surface area contributed by atoms with E-state index >= 15 is 0 Å². The Morgan fingerprint density at radius 3 is 3.06 bits per heavy atom. The smallest absolute Gasteiger partial charge is 0.237 e. The molecular formula is C13H22N2O. The van der Waals surface area contributed by atoms with Gasteiger partial charge in [-0.25, -0.2) is 0 Å². The molecule has 3 nitrogen and oxygen atoms in total. The van der Waals surface area contributed by atoms with E-state index in [0.29, 0.717) is 12.0 Å². The van der Waals surface area contributed by atoms with Gasteiger partial charge in [0.1, 0.15) is 0 Å². The maximum Gasteiger partial charge on any atom is 0.237 e. The van der Waals surface area contributed by atoms with Gasteiger partial charge in [0.25, 0.3) is 0 Å². The highest BCUT2D eigenvalue weighted by atomic mass is 16.2. The van der Waals surface area contributed by atoms with Crippen LogP contribution in [0.2, 0.25) is 0 Å². The molecule has 2 N–H and O–H groups in total. The van der Waals surface area contributed by atoms with Crippen molar-refractivity contribution < 1.29 is 4.79 Å². The SMILES string of the molecule is C=C1CCC2NC(C(=O)NCC)CCC2C1. The predicted octanol–water partition coefficient (Wildman–Crippen LogP) is 1.60. The standard InChI is InChI=1S/C13H22N2O/c1-3-14-13(16)12-7-5-10-8-9(2)4-6-11(10)15-12/h10-12,15H,2-8H2,1H3,(H,14,16). The monoisotopic (exact) mass is 222 g/mol. The van der Waals surface area contributed by atoms with Crippen LogP contribution < -0.4 is 10.6 Å². The number of allylic oxidation sites excluding steroid dienone is 1. The Kier molecular flexibility index (Phi) is 3.64. The summed E-state index contributed by atoms with van der Waals surface area (Å²) in [7, 11) is 0. The minimum atomic E-state index is 0.0348. The lowest BCUT2D eigenvalue weighted by atomic mass is 9.76. The molecule has 0 bridgehead atoms. The van der Waals surface area contributed by atoms with Crippen molar-refractivity contribution in [1.29, 1.82) is 0 Å². The summed E-state index contributed by atoms with van der Waals surface area (Å²) in [6.07, 6.45) is 5.56. The highest BCUT2D eigenvalue weighted by molar-refractivity contribution is 5.81. The summed E-state index contributed by atoms with van der Waals surface area (Å²) < 4.78 is 0. The van der Waals surface area contributed by atoms with Crippen LogP contribution in [0.15, 0.2) is 12.2 Å². The van der Waals surface area contributed by atoms with Crippen LogP contribution in [0.4, 0.5) is 0 Å². The Morgan fingerprint density at radius 2 is 2.31 bits per heavy atom. The quantitative estimate of drug-likeness (QED) is 0.697. The number of amides is 1. The zero-order valence-corrected chi connectivity index (χ0v) is 10.1.